The fourth-order valence-electron chi connectivity index (χ4n) is 2.50. The molecule has 130 valence electrons. The molecule has 0 aliphatic rings. The lowest BCUT2D eigenvalue weighted by Gasteiger charge is -2.11. The molecular weight excluding hydrogens is 316 g/mol. The Labute approximate surface area is 146 Å². The molecule has 0 spiro atoms. The van der Waals surface area contributed by atoms with Crippen LogP contribution in [0.2, 0.25) is 0 Å². The Morgan fingerprint density at radius 2 is 1.96 bits per heavy atom. The predicted molar refractivity (Wildman–Crippen MR) is 99.2 cm³/mol. The molecule has 3 aromatic rings. The summed E-state index contributed by atoms with van der Waals surface area (Å²) in [5.74, 6) is 0.463. The smallest absolute Gasteiger partial charge is 0.252 e. The number of rotatable bonds is 8. The van der Waals surface area contributed by atoms with Crippen LogP contribution in [0.4, 0.5) is 11.6 Å². The number of fused-ring (bicyclic) bond motifs is 1. The van der Waals surface area contributed by atoms with Crippen molar-refractivity contribution in [1.82, 2.24) is 14.5 Å². The molecule has 6 nitrogen and oxygen atoms in total. The lowest BCUT2D eigenvalue weighted by Crippen LogP contribution is -2.23. The van der Waals surface area contributed by atoms with E-state index in [0.717, 1.165) is 23.9 Å². The molecule has 0 aliphatic heterocycles. The van der Waals surface area contributed by atoms with Crippen molar-refractivity contribution in [3.63, 3.8) is 0 Å². The average molecular weight is 338 g/mol. The summed E-state index contributed by atoms with van der Waals surface area (Å²) in [6.07, 6.45) is 3.84. The molecule has 0 amide bonds. The zero-order valence-corrected chi connectivity index (χ0v) is 14.3. The molecule has 2 heterocycles. The van der Waals surface area contributed by atoms with Crippen LogP contribution in [0.3, 0.4) is 0 Å². The number of pyridine rings is 1. The van der Waals surface area contributed by atoms with Crippen LogP contribution < -0.4 is 10.9 Å². The highest BCUT2D eigenvalue weighted by Crippen LogP contribution is 2.15. The van der Waals surface area contributed by atoms with Crippen LogP contribution in [0.25, 0.3) is 11.0 Å². The molecule has 0 fully saturated rings. The fraction of sp³-hybridized carbons (Fsp3) is 0.316. The highest BCUT2D eigenvalue weighted by molar-refractivity contribution is 5.75. The monoisotopic (exact) mass is 338 g/mol. The number of hydrogen-bond donors (Lipinski definition) is 1. The van der Waals surface area contributed by atoms with Crippen molar-refractivity contribution in [2.24, 2.45) is 0 Å². The van der Waals surface area contributed by atoms with Gasteiger partial charge in [-0.05, 0) is 24.6 Å². The molecule has 0 saturated heterocycles. The van der Waals surface area contributed by atoms with Gasteiger partial charge in [-0.15, -0.1) is 0 Å². The van der Waals surface area contributed by atoms with Gasteiger partial charge in [-0.1, -0.05) is 31.5 Å². The number of unbranched alkanes of at least 4 members (excludes halogenated alkanes) is 1. The molecule has 0 bridgehead atoms. The number of nitrogens with one attached hydrogen (secondary N) is 1. The minimum atomic E-state index is -0.0871. The summed E-state index contributed by atoms with van der Waals surface area (Å²) in [7, 11) is 0. The molecule has 0 aliphatic carbocycles. The maximum absolute atomic E-state index is 12.2. The van der Waals surface area contributed by atoms with E-state index in [0.29, 0.717) is 31.4 Å². The summed E-state index contributed by atoms with van der Waals surface area (Å²) in [4.78, 5) is 21.1. The maximum Gasteiger partial charge on any atom is 0.252 e. The van der Waals surface area contributed by atoms with Gasteiger partial charge in [0.25, 0.3) is 5.56 Å². The molecule has 0 saturated carbocycles. The molecule has 0 radical (unpaired) electrons. The highest BCUT2D eigenvalue weighted by atomic mass is 16.5. The number of ether oxygens (including phenoxy) is 1. The van der Waals surface area contributed by atoms with Gasteiger partial charge in [0.05, 0.1) is 13.2 Å². The molecule has 6 heteroatoms. The van der Waals surface area contributed by atoms with Gasteiger partial charge in [0.2, 0.25) is 5.95 Å². The van der Waals surface area contributed by atoms with Gasteiger partial charge < -0.3 is 10.1 Å². The Kier molecular flexibility index (Phi) is 5.74. The first-order chi connectivity index (χ1) is 12.3. The first kappa shape index (κ1) is 17.1. The van der Waals surface area contributed by atoms with E-state index in [1.807, 2.05) is 30.3 Å². The number of hydrogen-bond acceptors (Lipinski definition) is 5. The Bertz CT molecular complexity index is 877. The lowest BCUT2D eigenvalue weighted by atomic mass is 10.3. The van der Waals surface area contributed by atoms with Gasteiger partial charge in [0.15, 0.2) is 0 Å². The molecule has 25 heavy (non-hydrogen) atoms. The van der Waals surface area contributed by atoms with Gasteiger partial charge in [-0.3, -0.25) is 9.36 Å². The molecule has 0 atom stereocenters. The maximum atomic E-state index is 12.2. The zero-order valence-electron chi connectivity index (χ0n) is 14.3. The number of nitrogens with zero attached hydrogens (tertiary/aromatic N) is 3. The Morgan fingerprint density at radius 3 is 2.76 bits per heavy atom. The summed E-state index contributed by atoms with van der Waals surface area (Å²) >= 11 is 0. The van der Waals surface area contributed by atoms with E-state index < -0.39 is 0 Å². The van der Waals surface area contributed by atoms with Crippen molar-refractivity contribution in [3.05, 3.63) is 59.0 Å². The summed E-state index contributed by atoms with van der Waals surface area (Å²) in [6.45, 7) is 3.80. The molecular formula is C19H22N4O2. The largest absolute Gasteiger partial charge is 0.380 e. The van der Waals surface area contributed by atoms with E-state index in [4.69, 9.17) is 4.74 Å². The second-order valence-corrected chi connectivity index (χ2v) is 5.75. The predicted octanol–water partition coefficient (Wildman–Crippen LogP) is 3.35. The van der Waals surface area contributed by atoms with Gasteiger partial charge in [0.1, 0.15) is 5.65 Å². The van der Waals surface area contributed by atoms with E-state index in [1.165, 1.54) is 0 Å². The SMILES string of the molecule is CCCCOCCn1c(=O)ccc2cnc(Nc3ccccc3)nc21. The van der Waals surface area contributed by atoms with E-state index >= 15 is 0 Å². The molecule has 1 aromatic carbocycles. The van der Waals surface area contributed by atoms with Crippen molar-refractivity contribution in [1.29, 1.82) is 0 Å². The third kappa shape index (κ3) is 4.42. The van der Waals surface area contributed by atoms with Crippen molar-refractivity contribution in [2.45, 2.75) is 26.3 Å². The normalized spacial score (nSPS) is 10.9. The third-order valence-electron chi connectivity index (χ3n) is 3.85. The first-order valence-corrected chi connectivity index (χ1v) is 8.54. The van der Waals surface area contributed by atoms with E-state index in [-0.39, 0.29) is 5.56 Å². The molecule has 1 N–H and O–H groups in total. The van der Waals surface area contributed by atoms with Gasteiger partial charge in [-0.25, -0.2) is 4.98 Å². The fourth-order valence-corrected chi connectivity index (χ4v) is 2.50. The number of anilines is 2. The Balaban J connectivity index is 1.83. The van der Waals surface area contributed by atoms with Crippen LogP contribution in [-0.4, -0.2) is 27.7 Å². The van der Waals surface area contributed by atoms with E-state index in [9.17, 15) is 4.79 Å². The van der Waals surface area contributed by atoms with Crippen LogP contribution in [0, 0.1) is 0 Å². The molecule has 0 unspecified atom stereocenters. The van der Waals surface area contributed by atoms with Crippen molar-refractivity contribution in [2.75, 3.05) is 18.5 Å². The van der Waals surface area contributed by atoms with Gasteiger partial charge >= 0.3 is 0 Å². The number of aromatic nitrogens is 3. The summed E-state index contributed by atoms with van der Waals surface area (Å²) in [5.41, 5.74) is 1.42. The average Bonchev–Trinajstić information content (AvgIpc) is 2.64. The van der Waals surface area contributed by atoms with Crippen molar-refractivity contribution in [3.8, 4) is 0 Å². The van der Waals surface area contributed by atoms with Crippen LogP contribution in [-0.2, 0) is 11.3 Å². The van der Waals surface area contributed by atoms with E-state index in [1.54, 1.807) is 22.9 Å². The minimum Gasteiger partial charge on any atom is -0.380 e. The van der Waals surface area contributed by atoms with Crippen LogP contribution in [0.15, 0.2) is 53.5 Å². The standard InChI is InChI=1S/C19H22N4O2/c1-2-3-12-25-13-11-23-17(24)10-9-15-14-20-19(22-18(15)23)21-16-7-5-4-6-8-16/h4-10,14H,2-3,11-13H2,1H3,(H,20,21,22). The Morgan fingerprint density at radius 1 is 1.12 bits per heavy atom. The summed E-state index contributed by atoms with van der Waals surface area (Å²) in [6, 6.07) is 13.0. The van der Waals surface area contributed by atoms with Gasteiger partial charge in [0, 0.05) is 29.9 Å². The van der Waals surface area contributed by atoms with Crippen molar-refractivity contribution < 1.29 is 4.74 Å². The second kappa shape index (κ2) is 8.39. The first-order valence-electron chi connectivity index (χ1n) is 8.54. The third-order valence-corrected chi connectivity index (χ3v) is 3.85. The zero-order chi connectivity index (χ0) is 17.5. The minimum absolute atomic E-state index is 0.0871. The van der Waals surface area contributed by atoms with Crippen molar-refractivity contribution >= 4 is 22.7 Å². The molecule has 2 aromatic heterocycles. The number of benzene rings is 1. The summed E-state index contributed by atoms with van der Waals surface area (Å²) in [5, 5.41) is 3.98. The van der Waals surface area contributed by atoms with Crippen LogP contribution >= 0.6 is 0 Å². The topological polar surface area (TPSA) is 69.0 Å². The Hall–Kier alpha value is -2.73. The van der Waals surface area contributed by atoms with Gasteiger partial charge in [-0.2, -0.15) is 4.98 Å². The highest BCUT2D eigenvalue weighted by Gasteiger charge is 2.07. The van der Waals surface area contributed by atoms with Crippen LogP contribution in [0.5, 0.6) is 0 Å². The number of para-hydroxylation sites is 1. The van der Waals surface area contributed by atoms with Crippen LogP contribution in [0.1, 0.15) is 19.8 Å². The summed E-state index contributed by atoms with van der Waals surface area (Å²) < 4.78 is 7.23. The lowest BCUT2D eigenvalue weighted by molar-refractivity contribution is 0.123. The molecule has 3 rings (SSSR count). The second-order valence-electron chi connectivity index (χ2n) is 5.75. The van der Waals surface area contributed by atoms with E-state index in [2.05, 4.69) is 22.2 Å². The quantitative estimate of drug-likeness (QED) is 0.638.